The Morgan fingerprint density at radius 3 is 2.83 bits per heavy atom. The lowest BCUT2D eigenvalue weighted by atomic mass is 10.1. The van der Waals surface area contributed by atoms with Crippen LogP contribution in [0.5, 0.6) is 0 Å². The molecule has 3 rings (SSSR count). The number of hydrogen-bond donors (Lipinski definition) is 2. The Morgan fingerprint density at radius 1 is 1.25 bits per heavy atom. The summed E-state index contributed by atoms with van der Waals surface area (Å²) in [5.74, 6) is 0.666. The molecule has 2 N–H and O–H groups in total. The Hall–Kier alpha value is -1.92. The fourth-order valence-corrected chi connectivity index (χ4v) is 4.02. The summed E-state index contributed by atoms with van der Waals surface area (Å²) < 4.78 is 0. The maximum atomic E-state index is 12.2. The van der Waals surface area contributed by atoms with Crippen molar-refractivity contribution < 1.29 is 9.59 Å². The molecule has 0 saturated heterocycles. The van der Waals surface area contributed by atoms with Gasteiger partial charge in [-0.2, -0.15) is 0 Å². The summed E-state index contributed by atoms with van der Waals surface area (Å²) in [4.78, 5) is 26.2. The molecule has 1 unspecified atom stereocenters. The summed E-state index contributed by atoms with van der Waals surface area (Å²) in [5, 5.41) is 5.66. The van der Waals surface area contributed by atoms with Crippen LogP contribution < -0.4 is 10.6 Å². The van der Waals surface area contributed by atoms with Crippen molar-refractivity contribution in [2.24, 2.45) is 0 Å². The number of hydrogen-bond acceptors (Lipinski definition) is 4. The average Bonchev–Trinajstić information content (AvgIpc) is 2.60. The van der Waals surface area contributed by atoms with Gasteiger partial charge in [0.2, 0.25) is 5.91 Å². The molecule has 4 nitrogen and oxygen atoms in total. The highest BCUT2D eigenvalue weighted by Gasteiger charge is 2.23. The molecule has 124 valence electrons. The Balaban J connectivity index is 1.54. The van der Waals surface area contributed by atoms with E-state index < -0.39 is 0 Å². The summed E-state index contributed by atoms with van der Waals surface area (Å²) in [6.45, 7) is 2.46. The number of benzene rings is 2. The lowest BCUT2D eigenvalue weighted by Crippen LogP contribution is -2.28. The fourth-order valence-electron chi connectivity index (χ4n) is 2.30. The molecule has 0 aliphatic carbocycles. The van der Waals surface area contributed by atoms with Crippen molar-refractivity contribution >= 4 is 41.0 Å². The van der Waals surface area contributed by atoms with Crippen LogP contribution in [0.3, 0.4) is 0 Å². The summed E-state index contributed by atoms with van der Waals surface area (Å²) in [5.41, 5.74) is 1.28. The molecule has 2 aromatic carbocycles. The van der Waals surface area contributed by atoms with Gasteiger partial charge in [-0.05, 0) is 37.3 Å². The van der Waals surface area contributed by atoms with Gasteiger partial charge in [-0.3, -0.25) is 9.59 Å². The molecule has 0 aromatic heterocycles. The Morgan fingerprint density at radius 2 is 2.04 bits per heavy atom. The third kappa shape index (κ3) is 4.13. The van der Waals surface area contributed by atoms with E-state index in [4.69, 9.17) is 0 Å². The van der Waals surface area contributed by atoms with Gasteiger partial charge in [0.15, 0.2) is 0 Å². The van der Waals surface area contributed by atoms with Gasteiger partial charge in [-0.1, -0.05) is 18.2 Å². The van der Waals surface area contributed by atoms with E-state index in [9.17, 15) is 9.59 Å². The monoisotopic (exact) mass is 358 g/mol. The van der Waals surface area contributed by atoms with Crippen LogP contribution in [0, 0.1) is 0 Å². The lowest BCUT2D eigenvalue weighted by Gasteiger charge is -2.21. The SMILES string of the molecule is CC1Sc2ccc(C(=O)NCCSc3ccccc3)cc2NC1=O. The number of carbonyl (C=O) groups excluding carboxylic acids is 2. The number of thioether (sulfide) groups is 2. The Bertz CT molecular complexity index is 750. The predicted octanol–water partition coefficient (Wildman–Crippen LogP) is 3.64. The largest absolute Gasteiger partial charge is 0.351 e. The number of amides is 2. The van der Waals surface area contributed by atoms with E-state index in [1.807, 2.05) is 31.2 Å². The molecule has 0 radical (unpaired) electrons. The first kappa shape index (κ1) is 16.9. The smallest absolute Gasteiger partial charge is 0.251 e. The fraction of sp³-hybridized carbons (Fsp3) is 0.222. The van der Waals surface area contributed by atoms with Gasteiger partial charge in [-0.25, -0.2) is 0 Å². The van der Waals surface area contributed by atoms with Crippen molar-refractivity contribution in [3.63, 3.8) is 0 Å². The minimum absolute atomic E-state index is 0.0238. The number of nitrogens with one attached hydrogen (secondary N) is 2. The van der Waals surface area contributed by atoms with Gasteiger partial charge in [0.25, 0.3) is 5.91 Å². The third-order valence-corrected chi connectivity index (χ3v) is 5.76. The van der Waals surface area contributed by atoms with Crippen LogP contribution in [0.4, 0.5) is 5.69 Å². The molecule has 2 aromatic rings. The Labute approximate surface area is 149 Å². The van der Waals surface area contributed by atoms with Crippen molar-refractivity contribution in [2.45, 2.75) is 22.0 Å². The van der Waals surface area contributed by atoms with Crippen molar-refractivity contribution in [3.05, 3.63) is 54.1 Å². The van der Waals surface area contributed by atoms with Gasteiger partial charge in [0.05, 0.1) is 10.9 Å². The molecule has 1 aliphatic rings. The highest BCUT2D eigenvalue weighted by atomic mass is 32.2. The second-order valence-electron chi connectivity index (χ2n) is 5.38. The summed E-state index contributed by atoms with van der Waals surface area (Å²) in [6.07, 6.45) is 0. The molecular weight excluding hydrogens is 340 g/mol. The van der Waals surface area contributed by atoms with Crippen LogP contribution in [0.1, 0.15) is 17.3 Å². The average molecular weight is 358 g/mol. The zero-order valence-corrected chi connectivity index (χ0v) is 14.9. The molecule has 1 heterocycles. The topological polar surface area (TPSA) is 58.2 Å². The number of carbonyl (C=O) groups is 2. The van der Waals surface area contributed by atoms with E-state index in [-0.39, 0.29) is 17.1 Å². The molecule has 6 heteroatoms. The number of fused-ring (bicyclic) bond motifs is 1. The summed E-state index contributed by atoms with van der Waals surface area (Å²) >= 11 is 3.22. The van der Waals surface area contributed by atoms with Crippen LogP contribution in [-0.4, -0.2) is 29.4 Å². The normalized spacial score (nSPS) is 16.2. The van der Waals surface area contributed by atoms with Crippen LogP contribution in [0.15, 0.2) is 58.3 Å². The Kier molecular flexibility index (Phi) is 5.48. The highest BCUT2D eigenvalue weighted by Crippen LogP contribution is 2.35. The first-order valence-electron chi connectivity index (χ1n) is 7.71. The molecular formula is C18H18N2O2S2. The molecule has 0 fully saturated rings. The maximum Gasteiger partial charge on any atom is 0.251 e. The van der Waals surface area contributed by atoms with Crippen molar-refractivity contribution in [1.29, 1.82) is 0 Å². The van der Waals surface area contributed by atoms with E-state index >= 15 is 0 Å². The van der Waals surface area contributed by atoms with Crippen LogP contribution in [0.25, 0.3) is 0 Å². The molecule has 2 amide bonds. The third-order valence-electron chi connectivity index (χ3n) is 3.57. The predicted molar refractivity (Wildman–Crippen MR) is 99.9 cm³/mol. The first-order chi connectivity index (χ1) is 11.6. The molecule has 1 atom stereocenters. The zero-order chi connectivity index (χ0) is 16.9. The number of rotatable bonds is 5. The minimum atomic E-state index is -0.121. The van der Waals surface area contributed by atoms with Crippen molar-refractivity contribution in [3.8, 4) is 0 Å². The van der Waals surface area contributed by atoms with Gasteiger partial charge in [-0.15, -0.1) is 23.5 Å². The lowest BCUT2D eigenvalue weighted by molar-refractivity contribution is -0.115. The van der Waals surface area contributed by atoms with Gasteiger partial charge in [0.1, 0.15) is 0 Å². The highest BCUT2D eigenvalue weighted by molar-refractivity contribution is 8.01. The first-order valence-corrected chi connectivity index (χ1v) is 9.57. The summed E-state index contributed by atoms with van der Waals surface area (Å²) in [7, 11) is 0. The quantitative estimate of drug-likeness (QED) is 0.633. The van der Waals surface area contributed by atoms with Gasteiger partial charge >= 0.3 is 0 Å². The second kappa shape index (κ2) is 7.77. The standard InChI is InChI=1S/C18H18N2O2S2/c1-12-17(21)20-15-11-13(7-8-16(15)24-12)18(22)19-9-10-23-14-5-3-2-4-6-14/h2-8,11-12H,9-10H2,1H3,(H,19,22)(H,20,21). The molecule has 1 aliphatic heterocycles. The van der Waals surface area contributed by atoms with Crippen molar-refractivity contribution in [1.82, 2.24) is 5.32 Å². The molecule has 0 spiro atoms. The summed E-state index contributed by atoms with van der Waals surface area (Å²) in [6, 6.07) is 15.5. The molecule has 0 saturated carbocycles. The second-order valence-corrected chi connectivity index (χ2v) is 7.93. The number of anilines is 1. The van der Waals surface area contributed by atoms with E-state index in [1.165, 1.54) is 16.7 Å². The van der Waals surface area contributed by atoms with E-state index in [2.05, 4.69) is 22.8 Å². The molecule has 24 heavy (non-hydrogen) atoms. The van der Waals surface area contributed by atoms with Gasteiger partial charge in [0, 0.05) is 27.7 Å². The van der Waals surface area contributed by atoms with E-state index in [0.29, 0.717) is 12.1 Å². The van der Waals surface area contributed by atoms with Crippen LogP contribution >= 0.6 is 23.5 Å². The van der Waals surface area contributed by atoms with Crippen LogP contribution in [-0.2, 0) is 4.79 Å². The van der Waals surface area contributed by atoms with Crippen molar-refractivity contribution in [2.75, 3.05) is 17.6 Å². The van der Waals surface area contributed by atoms with E-state index in [1.54, 1.807) is 23.9 Å². The van der Waals surface area contributed by atoms with Crippen LogP contribution in [0.2, 0.25) is 0 Å². The van der Waals surface area contributed by atoms with E-state index in [0.717, 1.165) is 16.3 Å². The minimum Gasteiger partial charge on any atom is -0.351 e. The molecule has 0 bridgehead atoms. The zero-order valence-electron chi connectivity index (χ0n) is 13.2. The maximum absolute atomic E-state index is 12.2. The van der Waals surface area contributed by atoms with Gasteiger partial charge < -0.3 is 10.6 Å².